The first-order valence-electron chi connectivity index (χ1n) is 17.8. The topological polar surface area (TPSA) is 290 Å². The van der Waals surface area contributed by atoms with Crippen LogP contribution in [0.25, 0.3) is 0 Å². The summed E-state index contributed by atoms with van der Waals surface area (Å²) >= 11 is 0. The van der Waals surface area contributed by atoms with Crippen molar-refractivity contribution in [3.63, 3.8) is 0 Å². The summed E-state index contributed by atoms with van der Waals surface area (Å²) in [6, 6.07) is -1.52. The van der Waals surface area contributed by atoms with Crippen molar-refractivity contribution >= 4 is 49.3 Å². The number of carboxylic acids is 2. The maximum Gasteiger partial charge on any atom is 0.524 e. The second-order valence-corrected chi connectivity index (χ2v) is 15.3. The van der Waals surface area contributed by atoms with E-state index in [9.17, 15) is 48.3 Å². The van der Waals surface area contributed by atoms with Crippen LogP contribution < -0.4 is 31.1 Å². The normalized spacial score (nSPS) is 19.4. The molecule has 0 unspecified atom stereocenters. The number of benzene rings is 1. The molecule has 2 heterocycles. The molecule has 2 saturated heterocycles. The second-order valence-electron chi connectivity index (χ2n) is 14.1. The number of hydrogen-bond acceptors (Lipinski definition) is 10. The summed E-state index contributed by atoms with van der Waals surface area (Å²) in [4.78, 5) is 111. The number of carbonyl (C=O) groups excluding carboxylic acids is 5. The number of nitrogens with one attached hydrogen (secondary N) is 5. The third-order valence-electron chi connectivity index (χ3n) is 9.17. The van der Waals surface area contributed by atoms with Crippen molar-refractivity contribution in [1.82, 2.24) is 31.5 Å². The number of nitrogens with zero attached hydrogens (tertiary/aromatic N) is 1. The molecule has 2 fully saturated rings. The number of carbonyl (C=O) groups is 7. The maximum atomic E-state index is 14.0. The number of carboxylic acid groups (broad SMARTS) is 2. The fourth-order valence-electron chi connectivity index (χ4n) is 6.29. The quantitative estimate of drug-likeness (QED) is 0.0811. The highest BCUT2D eigenvalue weighted by atomic mass is 31.2. The van der Waals surface area contributed by atoms with Crippen LogP contribution in [0.5, 0.6) is 5.75 Å². The number of amides is 5. The van der Waals surface area contributed by atoms with Gasteiger partial charge in [0.05, 0.1) is 6.04 Å². The van der Waals surface area contributed by atoms with Crippen LogP contribution >= 0.6 is 7.82 Å². The van der Waals surface area contributed by atoms with E-state index in [1.807, 2.05) is 0 Å². The number of rotatable bonds is 19. The Balaban J connectivity index is 1.90. The van der Waals surface area contributed by atoms with Crippen molar-refractivity contribution in [3.05, 3.63) is 29.8 Å². The molecule has 2 aliphatic rings. The van der Waals surface area contributed by atoms with Gasteiger partial charge in [-0.1, -0.05) is 39.8 Å². The molecule has 0 bridgehead atoms. The minimum Gasteiger partial charge on any atom is -0.481 e. The van der Waals surface area contributed by atoms with Gasteiger partial charge in [0.2, 0.25) is 29.5 Å². The van der Waals surface area contributed by atoms with Gasteiger partial charge >= 0.3 is 19.8 Å². The van der Waals surface area contributed by atoms with E-state index in [0.29, 0.717) is 24.9 Å². The van der Waals surface area contributed by atoms with E-state index in [1.165, 1.54) is 29.2 Å². The standard InChI is InChI=1S/C34H51N6O13P/c1-18(2)27(38-29(43)22-7-5-15-35-22)32(46)37-24(17-20-9-11-21(12-10-20)53-54(50,51)52)30(44)36-23(13-14-26(41)42)33(47)40-16-6-8-25(40)31(45)39-28(19(3)4)34(48)49/h9-12,18-19,22-25,27-28,35H,5-8,13-17H2,1-4H3,(H,36,44)(H,37,46)(H,38,43)(H,39,45)(H,41,42)(H,48,49)(H2,50,51,52)/t22-,23-,24-,25-,27-,28-/m0/s1. The van der Waals surface area contributed by atoms with Gasteiger partial charge in [0.25, 0.3) is 0 Å². The molecule has 2 aliphatic heterocycles. The lowest BCUT2D eigenvalue weighted by Gasteiger charge is -2.31. The zero-order valence-electron chi connectivity index (χ0n) is 30.6. The Bertz CT molecular complexity index is 1580. The third kappa shape index (κ3) is 13.1. The Kier molecular flexibility index (Phi) is 16.0. The van der Waals surface area contributed by atoms with Crippen LogP contribution in [0.3, 0.4) is 0 Å². The predicted molar refractivity (Wildman–Crippen MR) is 190 cm³/mol. The van der Waals surface area contributed by atoms with Crippen LogP contribution in [-0.4, -0.2) is 116 Å². The van der Waals surface area contributed by atoms with Crippen molar-refractivity contribution in [2.45, 2.75) is 109 Å². The summed E-state index contributed by atoms with van der Waals surface area (Å²) in [5.74, 6) is -7.11. The molecular weight excluding hydrogens is 731 g/mol. The van der Waals surface area contributed by atoms with Crippen molar-refractivity contribution in [1.29, 1.82) is 0 Å². The van der Waals surface area contributed by atoms with Crippen molar-refractivity contribution in [2.24, 2.45) is 11.8 Å². The lowest BCUT2D eigenvalue weighted by atomic mass is 10.00. The van der Waals surface area contributed by atoms with Gasteiger partial charge in [-0.3, -0.25) is 38.6 Å². The highest BCUT2D eigenvalue weighted by Crippen LogP contribution is 2.37. The molecule has 0 saturated carbocycles. The van der Waals surface area contributed by atoms with E-state index < -0.39 is 104 Å². The zero-order chi connectivity index (χ0) is 40.3. The van der Waals surface area contributed by atoms with E-state index in [2.05, 4.69) is 31.1 Å². The lowest BCUT2D eigenvalue weighted by molar-refractivity contribution is -0.146. The molecule has 1 aromatic carbocycles. The third-order valence-corrected chi connectivity index (χ3v) is 9.62. The van der Waals surface area contributed by atoms with Gasteiger partial charge in [-0.25, -0.2) is 9.36 Å². The monoisotopic (exact) mass is 782 g/mol. The van der Waals surface area contributed by atoms with Gasteiger partial charge in [0, 0.05) is 19.4 Å². The highest BCUT2D eigenvalue weighted by Gasteiger charge is 2.40. The fraction of sp³-hybridized carbons (Fsp3) is 0.618. The Morgan fingerprint density at radius 2 is 1.44 bits per heavy atom. The Morgan fingerprint density at radius 1 is 0.833 bits per heavy atom. The van der Waals surface area contributed by atoms with Crippen LogP contribution in [0.4, 0.5) is 0 Å². The molecule has 20 heteroatoms. The summed E-state index contributed by atoms with van der Waals surface area (Å²) in [5, 5.41) is 32.5. The van der Waals surface area contributed by atoms with Gasteiger partial charge in [-0.05, 0) is 68.2 Å². The Hall–Kier alpha value is -4.58. The average Bonchev–Trinajstić information content (AvgIpc) is 3.80. The smallest absolute Gasteiger partial charge is 0.481 e. The minimum absolute atomic E-state index is 0.0740. The molecule has 9 N–H and O–H groups in total. The molecular formula is C34H51N6O13P. The minimum atomic E-state index is -4.87. The first kappa shape index (κ1) is 43.8. The van der Waals surface area contributed by atoms with E-state index in [0.717, 1.165) is 6.42 Å². The van der Waals surface area contributed by atoms with E-state index in [4.69, 9.17) is 9.79 Å². The fourth-order valence-corrected chi connectivity index (χ4v) is 6.69. The van der Waals surface area contributed by atoms with Crippen LogP contribution in [0, 0.1) is 11.8 Å². The summed E-state index contributed by atoms with van der Waals surface area (Å²) < 4.78 is 15.9. The molecule has 54 heavy (non-hydrogen) atoms. The molecule has 300 valence electrons. The van der Waals surface area contributed by atoms with Crippen molar-refractivity contribution in [3.8, 4) is 5.75 Å². The molecule has 6 atom stereocenters. The predicted octanol–water partition coefficient (Wildman–Crippen LogP) is -0.356. The van der Waals surface area contributed by atoms with Gasteiger partial charge in [0.15, 0.2) is 0 Å². The first-order valence-corrected chi connectivity index (χ1v) is 19.3. The number of hydrogen-bond donors (Lipinski definition) is 9. The van der Waals surface area contributed by atoms with E-state index in [-0.39, 0.29) is 31.6 Å². The lowest BCUT2D eigenvalue weighted by Crippen LogP contribution is -2.60. The molecule has 0 aliphatic carbocycles. The Labute approximate surface area is 312 Å². The number of phosphoric acid groups is 1. The van der Waals surface area contributed by atoms with Gasteiger partial charge in [-0.2, -0.15) is 0 Å². The summed E-state index contributed by atoms with van der Waals surface area (Å²) in [6.07, 6.45) is 0.767. The molecule has 0 radical (unpaired) electrons. The van der Waals surface area contributed by atoms with Gasteiger partial charge in [0.1, 0.15) is 36.0 Å². The Morgan fingerprint density at radius 3 is 1.98 bits per heavy atom. The number of likely N-dealkylation sites (tertiary alicyclic amines) is 1. The molecule has 1 aromatic rings. The van der Waals surface area contributed by atoms with Gasteiger partial charge < -0.3 is 46.2 Å². The van der Waals surface area contributed by atoms with E-state index >= 15 is 0 Å². The van der Waals surface area contributed by atoms with Crippen LogP contribution in [-0.2, 0) is 44.5 Å². The number of phosphoric ester groups is 1. The molecule has 0 aromatic heterocycles. The van der Waals surface area contributed by atoms with Crippen molar-refractivity contribution < 1.29 is 62.7 Å². The average molecular weight is 783 g/mol. The second kappa shape index (κ2) is 19.7. The molecule has 5 amide bonds. The molecule has 3 rings (SSSR count). The van der Waals surface area contributed by atoms with Crippen LogP contribution in [0.15, 0.2) is 24.3 Å². The zero-order valence-corrected chi connectivity index (χ0v) is 31.5. The number of aliphatic carboxylic acids is 2. The van der Waals surface area contributed by atoms with Crippen molar-refractivity contribution in [2.75, 3.05) is 13.1 Å². The summed E-state index contributed by atoms with van der Waals surface area (Å²) in [6.45, 7) is 7.33. The highest BCUT2D eigenvalue weighted by molar-refractivity contribution is 7.46. The van der Waals surface area contributed by atoms with E-state index in [1.54, 1.807) is 27.7 Å². The maximum absolute atomic E-state index is 14.0. The van der Waals surface area contributed by atoms with Crippen LogP contribution in [0.1, 0.15) is 71.8 Å². The van der Waals surface area contributed by atoms with Gasteiger partial charge in [-0.15, -0.1) is 0 Å². The summed E-state index contributed by atoms with van der Waals surface area (Å²) in [7, 11) is -4.87. The largest absolute Gasteiger partial charge is 0.524 e. The first-order chi connectivity index (χ1) is 25.3. The SMILES string of the molecule is CC(C)[C@H](NC(=O)[C@@H]1CCCN1C(=O)[C@H](CCC(=O)O)NC(=O)[C@H](Cc1ccc(OP(=O)(O)O)cc1)NC(=O)[C@@H](NC(=O)[C@@H]1CCCN1)C(C)C)C(=O)O. The summed E-state index contributed by atoms with van der Waals surface area (Å²) in [5.41, 5.74) is 0.386. The molecule has 0 spiro atoms. The molecule has 19 nitrogen and oxygen atoms in total. The van der Waals surface area contributed by atoms with Crippen LogP contribution in [0.2, 0.25) is 0 Å².